The fraction of sp³-hybridized carbons (Fsp3) is 0.941. The number of nitrogens with zero attached hydrogens (tertiary/aromatic N) is 2. The van der Waals surface area contributed by atoms with Crippen molar-refractivity contribution in [3.05, 3.63) is 0 Å². The number of hydrogen-bond acceptors (Lipinski definition) is 4. The van der Waals surface area contributed by atoms with Crippen molar-refractivity contribution in [2.45, 2.75) is 71.5 Å². The van der Waals surface area contributed by atoms with E-state index in [1.165, 1.54) is 0 Å². The molecule has 5 nitrogen and oxygen atoms in total. The zero-order valence-electron chi connectivity index (χ0n) is 15.0. The maximum Gasteiger partial charge on any atom is 0.410 e. The third-order valence-electron chi connectivity index (χ3n) is 3.94. The summed E-state index contributed by atoms with van der Waals surface area (Å²) in [6, 6.07) is 0. The third-order valence-corrected chi connectivity index (χ3v) is 3.94. The second-order valence-corrected chi connectivity index (χ2v) is 7.47. The van der Waals surface area contributed by atoms with Crippen molar-refractivity contribution < 1.29 is 14.6 Å². The van der Waals surface area contributed by atoms with Crippen LogP contribution in [0.3, 0.4) is 0 Å². The van der Waals surface area contributed by atoms with Gasteiger partial charge in [0.2, 0.25) is 0 Å². The second kappa shape index (κ2) is 8.16. The zero-order chi connectivity index (χ0) is 16.8. The lowest BCUT2D eigenvalue weighted by Crippen LogP contribution is -2.53. The number of piperidine rings is 1. The number of rotatable bonds is 6. The molecule has 0 aromatic carbocycles. The normalized spacial score (nSPS) is 18.6. The van der Waals surface area contributed by atoms with Crippen LogP contribution < -0.4 is 0 Å². The minimum atomic E-state index is -0.678. The molecule has 5 heteroatoms. The molecule has 1 fully saturated rings. The summed E-state index contributed by atoms with van der Waals surface area (Å²) < 4.78 is 5.40. The molecule has 0 aromatic heterocycles. The van der Waals surface area contributed by atoms with Crippen LogP contribution in [0.2, 0.25) is 0 Å². The van der Waals surface area contributed by atoms with E-state index in [2.05, 4.69) is 18.7 Å². The van der Waals surface area contributed by atoms with Gasteiger partial charge >= 0.3 is 6.09 Å². The van der Waals surface area contributed by atoms with Gasteiger partial charge in [0.25, 0.3) is 0 Å². The lowest BCUT2D eigenvalue weighted by atomic mass is 9.91. The molecule has 0 aliphatic carbocycles. The highest BCUT2D eigenvalue weighted by Gasteiger charge is 2.36. The maximum absolute atomic E-state index is 12.1. The Balaban J connectivity index is 2.50. The van der Waals surface area contributed by atoms with Crippen LogP contribution in [0, 0.1) is 0 Å². The molecule has 1 amide bonds. The van der Waals surface area contributed by atoms with Crippen LogP contribution in [-0.4, -0.2) is 64.9 Å². The smallest absolute Gasteiger partial charge is 0.410 e. The molecule has 1 N–H and O–H groups in total. The first-order valence-electron chi connectivity index (χ1n) is 8.62. The molecule has 0 aromatic rings. The number of carbonyl (C=O) groups excluding carboxylic acids is 1. The van der Waals surface area contributed by atoms with E-state index >= 15 is 0 Å². The molecular weight excluding hydrogens is 280 g/mol. The molecule has 130 valence electrons. The molecule has 0 saturated carbocycles. The molecular formula is C17H34N2O3. The van der Waals surface area contributed by atoms with Crippen LogP contribution in [0.25, 0.3) is 0 Å². The Labute approximate surface area is 135 Å². The van der Waals surface area contributed by atoms with Crippen molar-refractivity contribution in [3.8, 4) is 0 Å². The first kappa shape index (κ1) is 19.2. The summed E-state index contributed by atoms with van der Waals surface area (Å²) in [6.45, 7) is 13.8. The number of carbonyl (C=O) groups is 1. The SMILES string of the molecule is CCCN(CCC)CC1(O)CCN(C(=O)OC(C)(C)C)CC1. The minimum absolute atomic E-state index is 0.270. The Morgan fingerprint density at radius 2 is 1.68 bits per heavy atom. The highest BCUT2D eigenvalue weighted by molar-refractivity contribution is 5.68. The number of hydrogen-bond donors (Lipinski definition) is 1. The summed E-state index contributed by atoms with van der Waals surface area (Å²) in [4.78, 5) is 16.1. The molecule has 1 saturated heterocycles. The minimum Gasteiger partial charge on any atom is -0.444 e. The van der Waals surface area contributed by atoms with Gasteiger partial charge in [0.15, 0.2) is 0 Å². The molecule has 1 aliphatic rings. The summed E-state index contributed by atoms with van der Waals surface area (Å²) in [5, 5.41) is 10.8. The van der Waals surface area contributed by atoms with E-state index < -0.39 is 11.2 Å². The topological polar surface area (TPSA) is 53.0 Å². The van der Waals surface area contributed by atoms with Crippen molar-refractivity contribution in [2.24, 2.45) is 0 Å². The van der Waals surface area contributed by atoms with E-state index in [1.807, 2.05) is 20.8 Å². The Morgan fingerprint density at radius 1 is 1.18 bits per heavy atom. The van der Waals surface area contributed by atoms with Crippen molar-refractivity contribution in [1.29, 1.82) is 0 Å². The van der Waals surface area contributed by atoms with Gasteiger partial charge in [-0.1, -0.05) is 13.8 Å². The molecule has 1 heterocycles. The van der Waals surface area contributed by atoms with Gasteiger partial charge in [0.05, 0.1) is 5.60 Å². The number of likely N-dealkylation sites (tertiary alicyclic amines) is 1. The van der Waals surface area contributed by atoms with Crippen LogP contribution in [0.5, 0.6) is 0 Å². The van der Waals surface area contributed by atoms with Gasteiger partial charge in [-0.05, 0) is 59.5 Å². The fourth-order valence-electron chi connectivity index (χ4n) is 2.91. The first-order valence-corrected chi connectivity index (χ1v) is 8.62. The molecule has 1 aliphatic heterocycles. The van der Waals surface area contributed by atoms with Gasteiger partial charge in [0, 0.05) is 19.6 Å². The van der Waals surface area contributed by atoms with Crippen molar-refractivity contribution in [2.75, 3.05) is 32.7 Å². The average molecular weight is 314 g/mol. The largest absolute Gasteiger partial charge is 0.444 e. The fourth-order valence-corrected chi connectivity index (χ4v) is 2.91. The lowest BCUT2D eigenvalue weighted by molar-refractivity contribution is -0.0501. The van der Waals surface area contributed by atoms with Gasteiger partial charge in [0.1, 0.15) is 5.60 Å². The molecule has 1 rings (SSSR count). The predicted molar refractivity (Wildman–Crippen MR) is 89.0 cm³/mol. The summed E-state index contributed by atoms with van der Waals surface area (Å²) in [7, 11) is 0. The van der Waals surface area contributed by atoms with E-state index in [1.54, 1.807) is 4.90 Å². The lowest BCUT2D eigenvalue weighted by Gasteiger charge is -2.41. The Bertz CT molecular complexity index is 338. The van der Waals surface area contributed by atoms with Gasteiger partial charge in [-0.25, -0.2) is 4.79 Å². The van der Waals surface area contributed by atoms with E-state index in [0.717, 1.165) is 25.9 Å². The van der Waals surface area contributed by atoms with Crippen molar-refractivity contribution in [3.63, 3.8) is 0 Å². The monoisotopic (exact) mass is 314 g/mol. The average Bonchev–Trinajstić information content (AvgIpc) is 2.37. The van der Waals surface area contributed by atoms with Crippen LogP contribution in [-0.2, 0) is 4.74 Å². The van der Waals surface area contributed by atoms with Crippen molar-refractivity contribution in [1.82, 2.24) is 9.80 Å². The second-order valence-electron chi connectivity index (χ2n) is 7.47. The number of amides is 1. The summed E-state index contributed by atoms with van der Waals surface area (Å²) >= 11 is 0. The number of aliphatic hydroxyl groups is 1. The van der Waals surface area contributed by atoms with Crippen LogP contribution in [0.15, 0.2) is 0 Å². The van der Waals surface area contributed by atoms with E-state index in [9.17, 15) is 9.90 Å². The first-order chi connectivity index (χ1) is 10.2. The van der Waals surface area contributed by atoms with E-state index in [4.69, 9.17) is 4.74 Å². The zero-order valence-corrected chi connectivity index (χ0v) is 15.0. The quantitative estimate of drug-likeness (QED) is 0.819. The Kier molecular flexibility index (Phi) is 7.13. The molecule has 22 heavy (non-hydrogen) atoms. The predicted octanol–water partition coefficient (Wildman–Crippen LogP) is 2.87. The molecule has 0 spiro atoms. The molecule has 0 radical (unpaired) electrons. The third kappa shape index (κ3) is 6.53. The maximum atomic E-state index is 12.1. The van der Waals surface area contributed by atoms with Crippen LogP contribution in [0.1, 0.15) is 60.3 Å². The van der Waals surface area contributed by atoms with Crippen LogP contribution >= 0.6 is 0 Å². The van der Waals surface area contributed by atoms with Gasteiger partial charge < -0.3 is 19.6 Å². The molecule has 0 bridgehead atoms. The van der Waals surface area contributed by atoms with Gasteiger partial charge in [-0.3, -0.25) is 0 Å². The summed E-state index contributed by atoms with van der Waals surface area (Å²) in [6.07, 6.45) is 3.17. The Morgan fingerprint density at radius 3 is 2.09 bits per heavy atom. The summed E-state index contributed by atoms with van der Waals surface area (Å²) in [5.74, 6) is 0. The summed E-state index contributed by atoms with van der Waals surface area (Å²) in [5.41, 5.74) is -1.15. The standard InChI is InChI=1S/C17H34N2O3/c1-6-10-18(11-7-2)14-17(21)8-12-19(13-9-17)15(20)22-16(3,4)5/h21H,6-14H2,1-5H3. The molecule has 0 atom stereocenters. The number of ether oxygens (including phenoxy) is 1. The Hall–Kier alpha value is -0.810. The molecule has 0 unspecified atom stereocenters. The van der Waals surface area contributed by atoms with Crippen LogP contribution in [0.4, 0.5) is 4.79 Å². The van der Waals surface area contributed by atoms with Crippen molar-refractivity contribution >= 4 is 6.09 Å². The highest BCUT2D eigenvalue weighted by atomic mass is 16.6. The van der Waals surface area contributed by atoms with E-state index in [0.29, 0.717) is 32.5 Å². The highest BCUT2D eigenvalue weighted by Crippen LogP contribution is 2.25. The van der Waals surface area contributed by atoms with Gasteiger partial charge in [-0.2, -0.15) is 0 Å². The van der Waals surface area contributed by atoms with Gasteiger partial charge in [-0.15, -0.1) is 0 Å². The van der Waals surface area contributed by atoms with E-state index in [-0.39, 0.29) is 6.09 Å².